The molecule has 0 atom stereocenters. The maximum Gasteiger partial charge on any atom is 0.181 e. The van der Waals surface area contributed by atoms with Crippen molar-refractivity contribution in [1.29, 1.82) is 0 Å². The summed E-state index contributed by atoms with van der Waals surface area (Å²) in [6.45, 7) is 1.63. The monoisotopic (exact) mass is 276 g/mol. The Hall–Kier alpha value is -2.74. The van der Waals surface area contributed by atoms with Gasteiger partial charge in [-0.1, -0.05) is 60.7 Å². The van der Waals surface area contributed by atoms with E-state index in [0.717, 1.165) is 0 Å². The molecule has 1 aliphatic rings. The van der Waals surface area contributed by atoms with Gasteiger partial charge in [0.1, 0.15) is 0 Å². The van der Waals surface area contributed by atoms with E-state index in [1.165, 1.54) is 29.4 Å². The predicted octanol–water partition coefficient (Wildman–Crippen LogP) is 3.99. The number of carbonyl (C=O) groups is 2. The van der Waals surface area contributed by atoms with Crippen LogP contribution in [0.25, 0.3) is 11.1 Å². The van der Waals surface area contributed by atoms with E-state index in [9.17, 15) is 9.59 Å². The summed E-state index contributed by atoms with van der Waals surface area (Å²) in [6, 6.07) is 20.8. The predicted molar refractivity (Wildman–Crippen MR) is 84.8 cm³/mol. The van der Waals surface area contributed by atoms with E-state index in [1.54, 1.807) is 6.92 Å². The fraction of sp³-hybridized carbons (Fsp3) is 0.0526. The molecule has 104 valence electrons. The molecule has 21 heavy (non-hydrogen) atoms. The van der Waals surface area contributed by atoms with Crippen LogP contribution in [0.15, 0.2) is 84.5 Å². The molecule has 3 rings (SSSR count). The summed E-state index contributed by atoms with van der Waals surface area (Å²) in [7, 11) is 0. The molecule has 2 aromatic rings. The molecule has 2 aromatic carbocycles. The van der Waals surface area contributed by atoms with Gasteiger partial charge in [-0.2, -0.15) is 0 Å². The van der Waals surface area contributed by atoms with Gasteiger partial charge < -0.3 is 0 Å². The van der Waals surface area contributed by atoms with Gasteiger partial charge in [0, 0.05) is 5.57 Å². The Morgan fingerprint density at radius 2 is 1.14 bits per heavy atom. The first-order valence-electron chi connectivity index (χ1n) is 6.72. The van der Waals surface area contributed by atoms with Gasteiger partial charge in [-0.15, -0.1) is 0 Å². The van der Waals surface area contributed by atoms with Crippen LogP contribution in [0.5, 0.6) is 0 Å². The lowest BCUT2D eigenvalue weighted by molar-refractivity contribution is -0.114. The highest BCUT2D eigenvalue weighted by molar-refractivity contribution is 6.16. The normalized spacial score (nSPS) is 13.3. The lowest BCUT2D eigenvalue weighted by atomic mass is 10.1. The van der Waals surface area contributed by atoms with Crippen molar-refractivity contribution < 1.29 is 9.59 Å². The zero-order valence-corrected chi connectivity index (χ0v) is 11.8. The van der Waals surface area contributed by atoms with Crippen molar-refractivity contribution >= 4 is 11.6 Å². The summed E-state index contributed by atoms with van der Waals surface area (Å²) in [5, 5.41) is 0. The average molecular weight is 276 g/mol. The zero-order valence-electron chi connectivity index (χ0n) is 11.8. The Kier molecular flexibility index (Phi) is 4.99. The maximum atomic E-state index is 10.6. The number of hydrogen-bond acceptors (Lipinski definition) is 2. The molecule has 0 saturated carbocycles. The minimum atomic E-state index is -0.105. The van der Waals surface area contributed by atoms with E-state index in [0.29, 0.717) is 5.57 Å². The van der Waals surface area contributed by atoms with E-state index in [2.05, 4.69) is 48.5 Å². The van der Waals surface area contributed by atoms with Crippen LogP contribution in [0.3, 0.4) is 0 Å². The van der Waals surface area contributed by atoms with Crippen LogP contribution in [0.1, 0.15) is 6.92 Å². The summed E-state index contributed by atoms with van der Waals surface area (Å²) < 4.78 is 0. The van der Waals surface area contributed by atoms with E-state index in [1.807, 2.05) is 12.1 Å². The third kappa shape index (κ3) is 4.39. The van der Waals surface area contributed by atoms with Crippen molar-refractivity contribution in [2.75, 3.05) is 0 Å². The Morgan fingerprint density at radius 3 is 1.52 bits per heavy atom. The minimum Gasteiger partial charge on any atom is -0.290 e. The fourth-order valence-electron chi connectivity index (χ4n) is 1.88. The zero-order chi connectivity index (χ0) is 15.1. The van der Waals surface area contributed by atoms with Crippen molar-refractivity contribution in [1.82, 2.24) is 0 Å². The van der Waals surface area contributed by atoms with Crippen molar-refractivity contribution in [2.24, 2.45) is 0 Å². The van der Waals surface area contributed by atoms with Crippen LogP contribution >= 0.6 is 0 Å². The standard InChI is InChI=1S/C12H10.C7H6O2/c1-3-7-11(8-4-1)12-9-5-2-6-10-12;1-5-4-6(8)2-3-7(5)9/h1-10H;2-4H,1H3. The molecule has 2 nitrogen and oxygen atoms in total. The SMILES string of the molecule is CC1=CC(=O)C=CC1=O.c1ccc(-c2ccccc2)cc1. The summed E-state index contributed by atoms with van der Waals surface area (Å²) >= 11 is 0. The highest BCUT2D eigenvalue weighted by Gasteiger charge is 2.06. The Balaban J connectivity index is 0.000000161. The van der Waals surface area contributed by atoms with Crippen molar-refractivity contribution in [2.45, 2.75) is 6.92 Å². The van der Waals surface area contributed by atoms with Gasteiger partial charge in [0.15, 0.2) is 11.6 Å². The molecule has 0 unspecified atom stereocenters. The minimum absolute atomic E-state index is 0.0744. The summed E-state index contributed by atoms with van der Waals surface area (Å²) in [4.78, 5) is 21.1. The van der Waals surface area contributed by atoms with Crippen LogP contribution in [0, 0.1) is 0 Å². The van der Waals surface area contributed by atoms with Crippen LogP contribution in [0.4, 0.5) is 0 Å². The fourth-order valence-corrected chi connectivity index (χ4v) is 1.88. The molecule has 0 saturated heterocycles. The van der Waals surface area contributed by atoms with E-state index in [-0.39, 0.29) is 11.6 Å². The first-order valence-corrected chi connectivity index (χ1v) is 6.72. The molecular weight excluding hydrogens is 260 g/mol. The van der Waals surface area contributed by atoms with E-state index in [4.69, 9.17) is 0 Å². The quantitative estimate of drug-likeness (QED) is 0.738. The van der Waals surface area contributed by atoms with Gasteiger partial charge in [-0.05, 0) is 36.3 Å². The summed E-state index contributed by atoms with van der Waals surface area (Å²) in [5.74, 6) is -0.179. The molecule has 0 aliphatic heterocycles. The van der Waals surface area contributed by atoms with Gasteiger partial charge in [0.25, 0.3) is 0 Å². The Bertz CT molecular complexity index is 643. The summed E-state index contributed by atoms with van der Waals surface area (Å²) in [5.41, 5.74) is 3.07. The maximum absolute atomic E-state index is 10.6. The van der Waals surface area contributed by atoms with Crippen LogP contribution in [-0.4, -0.2) is 11.6 Å². The van der Waals surface area contributed by atoms with Gasteiger partial charge in [0.2, 0.25) is 0 Å². The van der Waals surface area contributed by atoms with Crippen molar-refractivity contribution in [3.63, 3.8) is 0 Å². The van der Waals surface area contributed by atoms with Gasteiger partial charge in [-0.25, -0.2) is 0 Å². The molecule has 0 heterocycles. The van der Waals surface area contributed by atoms with E-state index < -0.39 is 0 Å². The molecule has 1 aliphatic carbocycles. The van der Waals surface area contributed by atoms with Gasteiger partial charge in [0.05, 0.1) is 0 Å². The number of ketones is 2. The highest BCUT2D eigenvalue weighted by Crippen LogP contribution is 2.17. The average Bonchev–Trinajstić information content (AvgIpc) is 2.54. The molecule has 0 radical (unpaired) electrons. The second kappa shape index (κ2) is 7.15. The molecule has 2 heteroatoms. The van der Waals surface area contributed by atoms with Crippen molar-refractivity contribution in [3.05, 3.63) is 84.5 Å². The first kappa shape index (κ1) is 14.7. The number of benzene rings is 2. The Labute approximate surface area is 124 Å². The van der Waals surface area contributed by atoms with Crippen LogP contribution in [-0.2, 0) is 9.59 Å². The molecule has 0 amide bonds. The van der Waals surface area contributed by atoms with Crippen molar-refractivity contribution in [3.8, 4) is 11.1 Å². The molecule has 0 aromatic heterocycles. The lowest BCUT2D eigenvalue weighted by Gasteiger charge is -1.98. The molecule has 0 fully saturated rings. The number of carbonyl (C=O) groups excluding carboxylic acids is 2. The summed E-state index contributed by atoms with van der Waals surface area (Å²) in [6.07, 6.45) is 3.90. The largest absolute Gasteiger partial charge is 0.290 e. The van der Waals surface area contributed by atoms with Crippen LogP contribution < -0.4 is 0 Å². The van der Waals surface area contributed by atoms with E-state index >= 15 is 0 Å². The smallest absolute Gasteiger partial charge is 0.181 e. The molecule has 0 spiro atoms. The third-order valence-electron chi connectivity index (χ3n) is 3.03. The second-order valence-electron chi connectivity index (χ2n) is 4.66. The topological polar surface area (TPSA) is 34.1 Å². The molecular formula is C19H16O2. The van der Waals surface area contributed by atoms with Gasteiger partial charge in [-0.3, -0.25) is 9.59 Å². The number of allylic oxidation sites excluding steroid dienone is 4. The number of rotatable bonds is 1. The van der Waals surface area contributed by atoms with Gasteiger partial charge >= 0.3 is 0 Å². The highest BCUT2D eigenvalue weighted by atomic mass is 16.1. The second-order valence-corrected chi connectivity index (χ2v) is 4.66. The molecule has 0 N–H and O–H groups in total. The van der Waals surface area contributed by atoms with Crippen LogP contribution in [0.2, 0.25) is 0 Å². The first-order chi connectivity index (χ1) is 10.2. The third-order valence-corrected chi connectivity index (χ3v) is 3.03. The molecule has 0 bridgehead atoms. The Morgan fingerprint density at radius 1 is 0.667 bits per heavy atom. The lowest BCUT2D eigenvalue weighted by Crippen LogP contribution is -2.03. The number of hydrogen-bond donors (Lipinski definition) is 0.